The first-order valence-corrected chi connectivity index (χ1v) is 6.85. The molecule has 0 radical (unpaired) electrons. The van der Waals surface area contributed by atoms with Crippen molar-refractivity contribution in [3.63, 3.8) is 0 Å². The van der Waals surface area contributed by atoms with E-state index in [2.05, 4.69) is 10.3 Å². The van der Waals surface area contributed by atoms with E-state index in [1.165, 1.54) is 25.0 Å². The Bertz CT molecular complexity index is 442. The molecule has 2 aliphatic heterocycles. The van der Waals surface area contributed by atoms with Crippen molar-refractivity contribution in [1.29, 1.82) is 0 Å². The minimum atomic E-state index is -0.243. The van der Waals surface area contributed by atoms with Gasteiger partial charge in [-0.25, -0.2) is 4.39 Å². The number of benzene rings is 1. The van der Waals surface area contributed by atoms with Crippen molar-refractivity contribution >= 4 is 0 Å². The zero-order valence-corrected chi connectivity index (χ0v) is 10.9. The van der Waals surface area contributed by atoms with Gasteiger partial charge in [0.1, 0.15) is 5.82 Å². The molecule has 0 aromatic heterocycles. The topological polar surface area (TPSA) is 50.5 Å². The highest BCUT2D eigenvalue weighted by molar-refractivity contribution is 5.21. The summed E-state index contributed by atoms with van der Waals surface area (Å²) in [6.45, 7) is 2.74. The number of rotatable bonds is 3. The van der Waals surface area contributed by atoms with Crippen LogP contribution in [0.4, 0.5) is 4.39 Å². The van der Waals surface area contributed by atoms with Gasteiger partial charge in [-0.15, -0.1) is 0 Å². The molecule has 5 heteroatoms. The van der Waals surface area contributed by atoms with Crippen molar-refractivity contribution in [2.24, 2.45) is 5.84 Å². The third-order valence-corrected chi connectivity index (χ3v) is 4.18. The fraction of sp³-hybridized carbons (Fsp3) is 0.571. The Morgan fingerprint density at radius 2 is 2.37 bits per heavy atom. The normalized spacial score (nSPS) is 29.2. The van der Waals surface area contributed by atoms with E-state index in [1.807, 2.05) is 6.07 Å². The molecular weight excluding hydrogens is 245 g/mol. The second-order valence-corrected chi connectivity index (χ2v) is 5.36. The van der Waals surface area contributed by atoms with E-state index >= 15 is 0 Å². The molecule has 3 atom stereocenters. The van der Waals surface area contributed by atoms with Gasteiger partial charge in [-0.1, -0.05) is 12.1 Å². The first kappa shape index (κ1) is 13.0. The molecule has 2 heterocycles. The lowest BCUT2D eigenvalue weighted by molar-refractivity contribution is -0.0653. The molecule has 4 nitrogen and oxygen atoms in total. The lowest BCUT2D eigenvalue weighted by Gasteiger charge is -2.38. The van der Waals surface area contributed by atoms with E-state index in [0.29, 0.717) is 6.04 Å². The van der Waals surface area contributed by atoms with Crippen molar-refractivity contribution < 1.29 is 9.13 Å². The highest BCUT2D eigenvalue weighted by Crippen LogP contribution is 2.28. The van der Waals surface area contributed by atoms with Crippen LogP contribution in [0.1, 0.15) is 24.4 Å². The summed E-state index contributed by atoms with van der Waals surface area (Å²) >= 11 is 0. The maximum Gasteiger partial charge on any atom is 0.123 e. The van der Waals surface area contributed by atoms with Crippen LogP contribution in [0.25, 0.3) is 0 Å². The third kappa shape index (κ3) is 2.65. The van der Waals surface area contributed by atoms with Crippen molar-refractivity contribution in [2.45, 2.75) is 31.0 Å². The molecular formula is C14H20FN3O. The van der Waals surface area contributed by atoms with E-state index < -0.39 is 0 Å². The predicted octanol–water partition coefficient (Wildman–Crippen LogP) is 1.19. The molecule has 104 valence electrons. The maximum absolute atomic E-state index is 13.3. The van der Waals surface area contributed by atoms with Gasteiger partial charge in [-0.2, -0.15) is 0 Å². The number of hydrogen-bond acceptors (Lipinski definition) is 4. The van der Waals surface area contributed by atoms with Crippen molar-refractivity contribution in [3.05, 3.63) is 35.6 Å². The summed E-state index contributed by atoms with van der Waals surface area (Å²) in [6.07, 6.45) is 2.43. The predicted molar refractivity (Wildman–Crippen MR) is 70.8 cm³/mol. The smallest absolute Gasteiger partial charge is 0.123 e. The van der Waals surface area contributed by atoms with Gasteiger partial charge in [0.2, 0.25) is 0 Å². The van der Waals surface area contributed by atoms with E-state index in [9.17, 15) is 4.39 Å². The summed E-state index contributed by atoms with van der Waals surface area (Å²) in [5, 5.41) is 0. The summed E-state index contributed by atoms with van der Waals surface area (Å²) in [5.41, 5.74) is 3.61. The molecule has 1 aromatic rings. The van der Waals surface area contributed by atoms with Gasteiger partial charge < -0.3 is 4.74 Å². The summed E-state index contributed by atoms with van der Waals surface area (Å²) in [5.74, 6) is 5.41. The van der Waals surface area contributed by atoms with Crippen LogP contribution in [0.3, 0.4) is 0 Å². The standard InChI is InChI=1S/C14H20FN3O/c15-11-4-1-3-10(7-11)14(17-16)13-8-18-6-2-5-12(18)9-19-13/h1,3-4,7,12-14,17H,2,5-6,8-9,16H2. The Kier molecular flexibility index (Phi) is 3.79. The molecule has 0 spiro atoms. The van der Waals surface area contributed by atoms with Crippen LogP contribution in [-0.4, -0.2) is 36.7 Å². The molecule has 19 heavy (non-hydrogen) atoms. The number of halogens is 1. The molecule has 0 amide bonds. The van der Waals surface area contributed by atoms with Crippen LogP contribution in [0.15, 0.2) is 24.3 Å². The number of nitrogens with zero attached hydrogens (tertiary/aromatic N) is 1. The lowest BCUT2D eigenvalue weighted by atomic mass is 10.00. The number of fused-ring (bicyclic) bond motifs is 1. The number of ether oxygens (including phenoxy) is 1. The average Bonchev–Trinajstić information content (AvgIpc) is 2.87. The summed E-state index contributed by atoms with van der Waals surface area (Å²) in [6, 6.07) is 6.93. The van der Waals surface area contributed by atoms with E-state index in [0.717, 1.165) is 25.3 Å². The molecule has 0 aliphatic carbocycles. The molecule has 3 N–H and O–H groups in total. The van der Waals surface area contributed by atoms with Crippen LogP contribution < -0.4 is 11.3 Å². The highest BCUT2D eigenvalue weighted by atomic mass is 19.1. The summed E-state index contributed by atoms with van der Waals surface area (Å²) in [4.78, 5) is 2.46. The molecule has 0 saturated carbocycles. The number of nitrogens with two attached hydrogens (primary N) is 1. The van der Waals surface area contributed by atoms with E-state index in [4.69, 9.17) is 10.6 Å². The van der Waals surface area contributed by atoms with Crippen LogP contribution in [0.2, 0.25) is 0 Å². The van der Waals surface area contributed by atoms with Gasteiger partial charge in [0.05, 0.1) is 18.8 Å². The van der Waals surface area contributed by atoms with Gasteiger partial charge in [-0.3, -0.25) is 16.2 Å². The monoisotopic (exact) mass is 265 g/mol. The van der Waals surface area contributed by atoms with Crippen LogP contribution >= 0.6 is 0 Å². The SMILES string of the molecule is NNC(c1cccc(F)c1)C1CN2CCCC2CO1. The van der Waals surface area contributed by atoms with Crippen LogP contribution in [-0.2, 0) is 4.74 Å². The van der Waals surface area contributed by atoms with Crippen LogP contribution in [0, 0.1) is 5.82 Å². The fourth-order valence-corrected chi connectivity index (χ4v) is 3.16. The molecule has 2 saturated heterocycles. The second-order valence-electron chi connectivity index (χ2n) is 5.36. The van der Waals surface area contributed by atoms with Gasteiger partial charge in [0, 0.05) is 12.6 Å². The molecule has 2 fully saturated rings. The van der Waals surface area contributed by atoms with Crippen molar-refractivity contribution in [2.75, 3.05) is 19.7 Å². The number of hydrazine groups is 1. The molecule has 3 unspecified atom stereocenters. The lowest BCUT2D eigenvalue weighted by Crippen LogP contribution is -2.51. The zero-order chi connectivity index (χ0) is 13.2. The Hall–Kier alpha value is -1.01. The van der Waals surface area contributed by atoms with E-state index in [1.54, 1.807) is 6.07 Å². The second kappa shape index (κ2) is 5.54. The largest absolute Gasteiger partial charge is 0.373 e. The number of hydrogen-bond donors (Lipinski definition) is 2. The molecule has 3 rings (SSSR count). The Morgan fingerprint density at radius 3 is 3.16 bits per heavy atom. The third-order valence-electron chi connectivity index (χ3n) is 4.18. The Balaban J connectivity index is 1.75. The van der Waals surface area contributed by atoms with Crippen molar-refractivity contribution in [3.8, 4) is 0 Å². The Morgan fingerprint density at radius 1 is 1.47 bits per heavy atom. The maximum atomic E-state index is 13.3. The van der Waals surface area contributed by atoms with Gasteiger partial charge in [0.15, 0.2) is 0 Å². The van der Waals surface area contributed by atoms with Gasteiger partial charge in [0.25, 0.3) is 0 Å². The minimum absolute atomic E-state index is 0.0267. The van der Waals surface area contributed by atoms with Gasteiger partial charge in [-0.05, 0) is 37.1 Å². The fourth-order valence-electron chi connectivity index (χ4n) is 3.16. The summed E-state index contributed by atoms with van der Waals surface area (Å²) < 4.78 is 19.3. The quantitative estimate of drug-likeness (QED) is 0.637. The first-order valence-electron chi connectivity index (χ1n) is 6.85. The van der Waals surface area contributed by atoms with Crippen molar-refractivity contribution in [1.82, 2.24) is 10.3 Å². The zero-order valence-electron chi connectivity index (χ0n) is 10.9. The van der Waals surface area contributed by atoms with E-state index in [-0.39, 0.29) is 18.0 Å². The molecule has 0 bridgehead atoms. The summed E-state index contributed by atoms with van der Waals surface area (Å²) in [7, 11) is 0. The minimum Gasteiger partial charge on any atom is -0.373 e. The molecule has 1 aromatic carbocycles. The molecule has 2 aliphatic rings. The Labute approximate surface area is 112 Å². The van der Waals surface area contributed by atoms with Gasteiger partial charge >= 0.3 is 0 Å². The van der Waals surface area contributed by atoms with Crippen LogP contribution in [0.5, 0.6) is 0 Å². The number of nitrogens with one attached hydrogen (secondary N) is 1. The average molecular weight is 265 g/mol. The first-order chi connectivity index (χ1) is 9.28. The highest BCUT2D eigenvalue weighted by Gasteiger charge is 2.36. The number of morpholine rings is 1.